The third-order valence-corrected chi connectivity index (χ3v) is 2.91. The van der Waals surface area contributed by atoms with Gasteiger partial charge in [0.2, 0.25) is 0 Å². The number of pyridine rings is 1. The van der Waals surface area contributed by atoms with E-state index in [2.05, 4.69) is 13.8 Å². The van der Waals surface area contributed by atoms with Crippen molar-refractivity contribution in [2.75, 3.05) is 0 Å². The molecule has 1 heterocycles. The van der Waals surface area contributed by atoms with Crippen molar-refractivity contribution in [2.45, 2.75) is 40.7 Å². The number of carboxylic acid groups (broad SMARTS) is 1. The summed E-state index contributed by atoms with van der Waals surface area (Å²) in [6, 6.07) is 1.40. The van der Waals surface area contributed by atoms with Crippen LogP contribution in [0.2, 0.25) is 0 Å². The van der Waals surface area contributed by atoms with Gasteiger partial charge >= 0.3 is 5.97 Å². The van der Waals surface area contributed by atoms with Crippen LogP contribution in [-0.4, -0.2) is 15.6 Å². The van der Waals surface area contributed by atoms with Crippen molar-refractivity contribution in [2.24, 2.45) is 5.92 Å². The van der Waals surface area contributed by atoms with Crippen LogP contribution in [0.25, 0.3) is 0 Å². The molecule has 0 saturated carbocycles. The van der Waals surface area contributed by atoms with E-state index in [-0.39, 0.29) is 11.1 Å². The monoisotopic (exact) mass is 237 g/mol. The molecule has 4 nitrogen and oxygen atoms in total. The van der Waals surface area contributed by atoms with Gasteiger partial charge < -0.3 is 9.67 Å². The number of hydrogen-bond acceptors (Lipinski definition) is 2. The van der Waals surface area contributed by atoms with E-state index in [0.717, 1.165) is 6.42 Å². The summed E-state index contributed by atoms with van der Waals surface area (Å²) in [5.74, 6) is -0.492. The minimum atomic E-state index is -0.974. The highest BCUT2D eigenvalue weighted by Crippen LogP contribution is 2.12. The fourth-order valence-corrected chi connectivity index (χ4v) is 1.91. The van der Waals surface area contributed by atoms with Crippen molar-refractivity contribution in [1.29, 1.82) is 0 Å². The van der Waals surface area contributed by atoms with Gasteiger partial charge in [-0.15, -0.1) is 0 Å². The van der Waals surface area contributed by atoms with Crippen LogP contribution in [0.4, 0.5) is 0 Å². The molecule has 0 amide bonds. The summed E-state index contributed by atoms with van der Waals surface area (Å²) in [6.07, 6.45) is 0.864. The van der Waals surface area contributed by atoms with Gasteiger partial charge in [0, 0.05) is 18.3 Å². The van der Waals surface area contributed by atoms with Crippen LogP contribution in [0.3, 0.4) is 0 Å². The summed E-state index contributed by atoms with van der Waals surface area (Å²) < 4.78 is 1.55. The predicted octanol–water partition coefficient (Wildman–Crippen LogP) is 2.21. The minimum Gasteiger partial charge on any atom is -0.478 e. The Morgan fingerprint density at radius 3 is 2.47 bits per heavy atom. The van der Waals surface area contributed by atoms with Gasteiger partial charge in [-0.2, -0.15) is 0 Å². The molecule has 0 saturated heterocycles. The predicted molar refractivity (Wildman–Crippen MR) is 66.6 cm³/mol. The average molecular weight is 237 g/mol. The number of aromatic nitrogens is 1. The molecule has 0 fully saturated rings. The van der Waals surface area contributed by atoms with Gasteiger partial charge in [-0.3, -0.25) is 4.79 Å². The molecule has 0 aliphatic carbocycles. The smallest absolute Gasteiger partial charge is 0.337 e. The zero-order chi connectivity index (χ0) is 13.2. The van der Waals surface area contributed by atoms with Gasteiger partial charge in [-0.1, -0.05) is 13.8 Å². The van der Waals surface area contributed by atoms with Crippen LogP contribution in [-0.2, 0) is 6.54 Å². The highest BCUT2D eigenvalue weighted by Gasteiger charge is 2.15. The van der Waals surface area contributed by atoms with Crippen molar-refractivity contribution in [3.8, 4) is 0 Å². The molecule has 0 spiro atoms. The number of carboxylic acids is 1. The van der Waals surface area contributed by atoms with E-state index in [0.29, 0.717) is 23.7 Å². The van der Waals surface area contributed by atoms with Crippen molar-refractivity contribution in [3.05, 3.63) is 33.2 Å². The van der Waals surface area contributed by atoms with E-state index >= 15 is 0 Å². The maximum Gasteiger partial charge on any atom is 0.337 e. The first-order valence-electron chi connectivity index (χ1n) is 5.79. The molecule has 0 atom stereocenters. The second-order valence-corrected chi connectivity index (χ2v) is 4.77. The molecule has 0 unspecified atom stereocenters. The van der Waals surface area contributed by atoms with Crippen LogP contribution in [0, 0.1) is 19.8 Å². The zero-order valence-corrected chi connectivity index (χ0v) is 10.8. The van der Waals surface area contributed by atoms with Gasteiger partial charge in [0.15, 0.2) is 0 Å². The van der Waals surface area contributed by atoms with Crippen molar-refractivity contribution >= 4 is 5.97 Å². The lowest BCUT2D eigenvalue weighted by molar-refractivity contribution is 0.0694. The van der Waals surface area contributed by atoms with Gasteiger partial charge in [0.1, 0.15) is 0 Å². The SMILES string of the molecule is Cc1cc(=O)n(CCC(C)C)c(C)c1C(=O)O. The minimum absolute atomic E-state index is 0.120. The molecule has 4 heteroatoms. The molecule has 0 radical (unpaired) electrons. The fraction of sp³-hybridized carbons (Fsp3) is 0.538. The molecular formula is C13H19NO3. The summed E-state index contributed by atoms with van der Waals surface area (Å²) in [6.45, 7) is 8.07. The molecule has 1 aromatic heterocycles. The van der Waals surface area contributed by atoms with Crippen molar-refractivity contribution in [3.63, 3.8) is 0 Å². The van der Waals surface area contributed by atoms with E-state index in [1.54, 1.807) is 18.4 Å². The number of hydrogen-bond donors (Lipinski definition) is 1. The number of rotatable bonds is 4. The summed E-state index contributed by atoms with van der Waals surface area (Å²) in [4.78, 5) is 22.9. The van der Waals surface area contributed by atoms with Crippen LogP contribution >= 0.6 is 0 Å². The molecule has 94 valence electrons. The zero-order valence-electron chi connectivity index (χ0n) is 10.8. The van der Waals surface area contributed by atoms with Crippen LogP contribution < -0.4 is 5.56 Å². The molecule has 0 aliphatic heterocycles. The Morgan fingerprint density at radius 2 is 2.00 bits per heavy atom. The quantitative estimate of drug-likeness (QED) is 0.873. The first-order valence-corrected chi connectivity index (χ1v) is 5.79. The third kappa shape index (κ3) is 2.96. The summed E-state index contributed by atoms with van der Waals surface area (Å²) in [5.41, 5.74) is 1.20. The van der Waals surface area contributed by atoms with Gasteiger partial charge in [-0.25, -0.2) is 4.79 Å². The molecule has 1 N–H and O–H groups in total. The lowest BCUT2D eigenvalue weighted by Crippen LogP contribution is -2.26. The molecule has 0 aliphatic rings. The molecule has 0 bridgehead atoms. The first kappa shape index (κ1) is 13.5. The molecule has 1 rings (SSSR count). The van der Waals surface area contributed by atoms with E-state index in [1.807, 2.05) is 0 Å². The number of aryl methyl sites for hydroxylation is 1. The summed E-state index contributed by atoms with van der Waals surface area (Å²) in [7, 11) is 0. The standard InChI is InChI=1S/C13H19NO3/c1-8(2)5-6-14-10(4)12(13(16)17)9(3)7-11(14)15/h7-8H,5-6H2,1-4H3,(H,16,17). The molecule has 17 heavy (non-hydrogen) atoms. The van der Waals surface area contributed by atoms with E-state index in [1.165, 1.54) is 6.07 Å². The highest BCUT2D eigenvalue weighted by atomic mass is 16.4. The van der Waals surface area contributed by atoms with E-state index < -0.39 is 5.97 Å². The van der Waals surface area contributed by atoms with Crippen LogP contribution in [0.15, 0.2) is 10.9 Å². The van der Waals surface area contributed by atoms with Gasteiger partial charge in [0.05, 0.1) is 5.56 Å². The topological polar surface area (TPSA) is 59.3 Å². The van der Waals surface area contributed by atoms with Crippen LogP contribution in [0.5, 0.6) is 0 Å². The Balaban J connectivity index is 3.26. The van der Waals surface area contributed by atoms with Gasteiger partial charge in [-0.05, 0) is 31.7 Å². The van der Waals surface area contributed by atoms with Gasteiger partial charge in [0.25, 0.3) is 5.56 Å². The Hall–Kier alpha value is -1.58. The maximum atomic E-state index is 11.8. The van der Waals surface area contributed by atoms with E-state index in [4.69, 9.17) is 5.11 Å². The second-order valence-electron chi connectivity index (χ2n) is 4.77. The third-order valence-electron chi connectivity index (χ3n) is 2.91. The van der Waals surface area contributed by atoms with Crippen molar-refractivity contribution < 1.29 is 9.90 Å². The largest absolute Gasteiger partial charge is 0.478 e. The lowest BCUT2D eigenvalue weighted by atomic mass is 10.1. The second kappa shape index (κ2) is 5.17. The first-order chi connectivity index (χ1) is 7.84. The Morgan fingerprint density at radius 1 is 1.41 bits per heavy atom. The Labute approximate surface area is 101 Å². The Kier molecular flexibility index (Phi) is 4.10. The summed E-state index contributed by atoms with van der Waals surface area (Å²) in [5, 5.41) is 9.12. The number of carbonyl (C=O) groups is 1. The molecule has 1 aromatic rings. The van der Waals surface area contributed by atoms with E-state index in [9.17, 15) is 9.59 Å². The van der Waals surface area contributed by atoms with Crippen molar-refractivity contribution in [1.82, 2.24) is 4.57 Å². The van der Waals surface area contributed by atoms with Crippen LogP contribution in [0.1, 0.15) is 41.9 Å². The number of aromatic carboxylic acids is 1. The highest BCUT2D eigenvalue weighted by molar-refractivity contribution is 5.90. The number of nitrogens with zero attached hydrogens (tertiary/aromatic N) is 1. The lowest BCUT2D eigenvalue weighted by Gasteiger charge is -2.14. The fourth-order valence-electron chi connectivity index (χ4n) is 1.91. The summed E-state index contributed by atoms with van der Waals surface area (Å²) >= 11 is 0. The molecular weight excluding hydrogens is 218 g/mol. The normalized spacial score (nSPS) is 10.9. The Bertz CT molecular complexity index is 486. The maximum absolute atomic E-state index is 11.8. The molecule has 0 aromatic carbocycles. The average Bonchev–Trinajstić information content (AvgIpc) is 2.14.